The molecule has 2 aromatic rings. The van der Waals surface area contributed by atoms with Crippen LogP contribution in [0, 0.1) is 26.4 Å². The molecular weight excluding hydrogens is 264 g/mol. The predicted molar refractivity (Wildman–Crippen MR) is 61.4 cm³/mol. The number of halogens is 2. The molecule has 18 heavy (non-hydrogen) atoms. The van der Waals surface area contributed by atoms with Gasteiger partial charge in [0, 0.05) is 12.3 Å². The number of benzene rings is 1. The van der Waals surface area contributed by atoms with E-state index in [0.29, 0.717) is 0 Å². The van der Waals surface area contributed by atoms with Crippen molar-refractivity contribution in [2.45, 2.75) is 0 Å². The third-order valence-corrected chi connectivity index (χ3v) is 2.41. The molecule has 0 radical (unpaired) electrons. The van der Waals surface area contributed by atoms with Gasteiger partial charge in [-0.1, -0.05) is 12.2 Å². The van der Waals surface area contributed by atoms with Crippen LogP contribution in [0.5, 0.6) is 0 Å². The number of nitro groups is 1. The van der Waals surface area contributed by atoms with Gasteiger partial charge in [-0.05, 0) is 12.1 Å². The van der Waals surface area contributed by atoms with Gasteiger partial charge in [-0.2, -0.15) is 4.39 Å². The molecule has 0 saturated carbocycles. The summed E-state index contributed by atoms with van der Waals surface area (Å²) < 4.78 is 27.6. The first-order valence-electron chi connectivity index (χ1n) is 4.69. The molecule has 1 N–H and O–H groups in total. The lowest BCUT2D eigenvalue weighted by Crippen LogP contribution is -2.00. The van der Waals surface area contributed by atoms with Gasteiger partial charge in [0.2, 0.25) is 5.82 Å². The lowest BCUT2D eigenvalue weighted by molar-refractivity contribution is -0.387. The predicted octanol–water partition coefficient (Wildman–Crippen LogP) is 2.99. The van der Waals surface area contributed by atoms with Crippen LogP contribution >= 0.6 is 12.2 Å². The minimum Gasteiger partial charge on any atom is -0.331 e. The molecule has 0 fully saturated rings. The molecule has 0 aliphatic rings. The molecule has 92 valence electrons. The zero-order chi connectivity index (χ0) is 13.3. The van der Waals surface area contributed by atoms with Crippen LogP contribution in [0.3, 0.4) is 0 Å². The van der Waals surface area contributed by atoms with E-state index in [-0.39, 0.29) is 10.5 Å². The van der Waals surface area contributed by atoms with Crippen LogP contribution in [-0.2, 0) is 0 Å². The second kappa shape index (κ2) is 4.57. The van der Waals surface area contributed by atoms with Crippen molar-refractivity contribution in [1.29, 1.82) is 0 Å². The molecular formula is C10H5F2N3O2S. The first kappa shape index (κ1) is 12.2. The minimum absolute atomic E-state index is 0.193. The summed E-state index contributed by atoms with van der Waals surface area (Å²) in [5.74, 6) is -2.44. The maximum absolute atomic E-state index is 13.8. The van der Waals surface area contributed by atoms with Gasteiger partial charge >= 0.3 is 5.69 Å². The van der Waals surface area contributed by atoms with Crippen molar-refractivity contribution in [3.8, 4) is 11.4 Å². The van der Waals surface area contributed by atoms with Crippen LogP contribution in [0.25, 0.3) is 11.4 Å². The monoisotopic (exact) mass is 269 g/mol. The van der Waals surface area contributed by atoms with Crippen LogP contribution < -0.4 is 0 Å². The molecule has 5 nitrogen and oxygen atoms in total. The fourth-order valence-electron chi connectivity index (χ4n) is 1.40. The van der Waals surface area contributed by atoms with Gasteiger partial charge in [0.25, 0.3) is 0 Å². The number of H-pyrrole nitrogens is 1. The average Bonchev–Trinajstić information content (AvgIpc) is 2.28. The molecule has 0 unspecified atom stereocenters. The van der Waals surface area contributed by atoms with Crippen LogP contribution in [0.2, 0.25) is 0 Å². The zero-order valence-electron chi connectivity index (χ0n) is 8.68. The van der Waals surface area contributed by atoms with E-state index in [1.165, 1.54) is 12.3 Å². The van der Waals surface area contributed by atoms with Crippen LogP contribution in [0.1, 0.15) is 0 Å². The van der Waals surface area contributed by atoms with Crippen molar-refractivity contribution in [2.24, 2.45) is 0 Å². The number of hydrogen-bond donors (Lipinski definition) is 1. The van der Waals surface area contributed by atoms with Gasteiger partial charge in [-0.3, -0.25) is 10.1 Å². The van der Waals surface area contributed by atoms with E-state index in [0.717, 1.165) is 12.1 Å². The Labute approximate surface area is 104 Å². The second-order valence-corrected chi connectivity index (χ2v) is 3.74. The van der Waals surface area contributed by atoms with E-state index in [1.807, 2.05) is 0 Å². The highest BCUT2D eigenvalue weighted by molar-refractivity contribution is 7.71. The molecule has 0 aliphatic carbocycles. The molecule has 1 aromatic carbocycles. The molecule has 0 amide bonds. The average molecular weight is 269 g/mol. The van der Waals surface area contributed by atoms with Crippen molar-refractivity contribution < 1.29 is 13.7 Å². The fraction of sp³-hybridized carbons (Fsp3) is 0. The molecule has 0 saturated heterocycles. The summed E-state index contributed by atoms with van der Waals surface area (Å²) in [5.41, 5.74) is -1.42. The Morgan fingerprint density at radius 2 is 2.06 bits per heavy atom. The van der Waals surface area contributed by atoms with E-state index in [4.69, 9.17) is 12.2 Å². The molecule has 8 heteroatoms. The van der Waals surface area contributed by atoms with Gasteiger partial charge in [0.05, 0.1) is 10.5 Å². The van der Waals surface area contributed by atoms with E-state index < -0.39 is 27.8 Å². The smallest absolute Gasteiger partial charge is 0.305 e. The molecule has 1 aromatic heterocycles. The first-order valence-corrected chi connectivity index (χ1v) is 5.09. The summed E-state index contributed by atoms with van der Waals surface area (Å²) in [5, 5.41) is 10.6. The van der Waals surface area contributed by atoms with E-state index in [9.17, 15) is 18.9 Å². The number of aromatic nitrogens is 2. The number of nitro benzene ring substituents is 1. The van der Waals surface area contributed by atoms with E-state index in [2.05, 4.69) is 9.97 Å². The number of hydrogen-bond acceptors (Lipinski definition) is 4. The standard InChI is InChI=1S/C10H5F2N3O2S/c11-5-1-2-6(15(16)17)9(12)8(5)10-13-4-3-7(18)14-10/h1-4H,(H,13,14,18). The SMILES string of the molecule is O=[N+]([O-])c1ccc(F)c(-c2nccc(=S)[nH]2)c1F. The number of aromatic amines is 1. The maximum Gasteiger partial charge on any atom is 0.305 e. The van der Waals surface area contributed by atoms with E-state index >= 15 is 0 Å². The first-order chi connectivity index (χ1) is 8.50. The maximum atomic E-state index is 13.8. The Morgan fingerprint density at radius 3 is 2.67 bits per heavy atom. The lowest BCUT2D eigenvalue weighted by Gasteiger charge is -2.04. The van der Waals surface area contributed by atoms with Crippen molar-refractivity contribution >= 4 is 17.9 Å². The third kappa shape index (κ3) is 2.09. The highest BCUT2D eigenvalue weighted by atomic mass is 32.1. The van der Waals surface area contributed by atoms with Crippen molar-refractivity contribution in [1.82, 2.24) is 9.97 Å². The Hall–Kier alpha value is -2.22. The van der Waals surface area contributed by atoms with Crippen molar-refractivity contribution in [3.05, 3.63) is 50.8 Å². The quantitative estimate of drug-likeness (QED) is 0.517. The summed E-state index contributed by atoms with van der Waals surface area (Å²) in [6, 6.07) is 2.99. The van der Waals surface area contributed by atoms with Crippen molar-refractivity contribution in [3.63, 3.8) is 0 Å². The molecule has 0 bridgehead atoms. The molecule has 1 heterocycles. The van der Waals surface area contributed by atoms with Gasteiger partial charge < -0.3 is 4.98 Å². The van der Waals surface area contributed by atoms with Gasteiger partial charge in [0.1, 0.15) is 16.3 Å². The Morgan fingerprint density at radius 1 is 1.33 bits per heavy atom. The zero-order valence-corrected chi connectivity index (χ0v) is 9.50. The topological polar surface area (TPSA) is 71.8 Å². The molecule has 0 aliphatic heterocycles. The van der Waals surface area contributed by atoms with Gasteiger partial charge in [-0.15, -0.1) is 0 Å². The largest absolute Gasteiger partial charge is 0.331 e. The fourth-order valence-corrected chi connectivity index (χ4v) is 1.55. The lowest BCUT2D eigenvalue weighted by atomic mass is 10.1. The summed E-state index contributed by atoms with van der Waals surface area (Å²) in [6.45, 7) is 0. The summed E-state index contributed by atoms with van der Waals surface area (Å²) in [6.07, 6.45) is 1.26. The highest BCUT2D eigenvalue weighted by Crippen LogP contribution is 2.29. The summed E-state index contributed by atoms with van der Waals surface area (Å²) >= 11 is 4.80. The molecule has 2 rings (SSSR count). The van der Waals surface area contributed by atoms with Crippen LogP contribution in [0.4, 0.5) is 14.5 Å². The van der Waals surface area contributed by atoms with Crippen molar-refractivity contribution in [2.75, 3.05) is 0 Å². The number of nitrogens with one attached hydrogen (secondary N) is 1. The van der Waals surface area contributed by atoms with Gasteiger partial charge in [-0.25, -0.2) is 9.37 Å². The molecule has 0 spiro atoms. The number of rotatable bonds is 2. The Kier molecular flexibility index (Phi) is 3.11. The minimum atomic E-state index is -1.29. The highest BCUT2D eigenvalue weighted by Gasteiger charge is 2.23. The second-order valence-electron chi connectivity index (χ2n) is 3.30. The normalized spacial score (nSPS) is 10.3. The van der Waals surface area contributed by atoms with E-state index in [1.54, 1.807) is 0 Å². The Balaban J connectivity index is 2.74. The van der Waals surface area contributed by atoms with Crippen LogP contribution in [-0.4, -0.2) is 14.9 Å². The summed E-state index contributed by atoms with van der Waals surface area (Å²) in [7, 11) is 0. The Bertz CT molecular complexity index is 687. The van der Waals surface area contributed by atoms with Crippen LogP contribution in [0.15, 0.2) is 24.4 Å². The molecule has 0 atom stereocenters. The van der Waals surface area contributed by atoms with Gasteiger partial charge in [0.15, 0.2) is 0 Å². The number of nitrogens with zero attached hydrogens (tertiary/aromatic N) is 2. The summed E-state index contributed by atoms with van der Waals surface area (Å²) in [4.78, 5) is 15.8. The third-order valence-electron chi connectivity index (χ3n) is 2.18.